The molecule has 182 valence electrons. The number of amides is 2. The minimum absolute atomic E-state index is 0.114. The van der Waals surface area contributed by atoms with Crippen LogP contribution in [-0.4, -0.2) is 44.8 Å². The lowest BCUT2D eigenvalue weighted by Crippen LogP contribution is -2.43. The van der Waals surface area contributed by atoms with Crippen LogP contribution < -0.4 is 5.32 Å². The van der Waals surface area contributed by atoms with Crippen LogP contribution in [0.4, 0.5) is 4.39 Å². The molecule has 1 fully saturated rings. The summed E-state index contributed by atoms with van der Waals surface area (Å²) in [5.41, 5.74) is 3.71. The fourth-order valence-corrected chi connectivity index (χ4v) is 4.62. The minimum atomic E-state index is -0.334. The lowest BCUT2D eigenvalue weighted by Gasteiger charge is -2.31. The predicted octanol–water partition coefficient (Wildman–Crippen LogP) is 3.17. The van der Waals surface area contributed by atoms with Crippen molar-refractivity contribution in [2.24, 2.45) is 5.92 Å². The number of nitrogens with one attached hydrogen (secondary N) is 1. The first-order valence-corrected chi connectivity index (χ1v) is 11.9. The highest BCUT2D eigenvalue weighted by Gasteiger charge is 2.33. The first-order chi connectivity index (χ1) is 17.0. The van der Waals surface area contributed by atoms with Gasteiger partial charge in [0, 0.05) is 31.1 Å². The number of benzene rings is 2. The van der Waals surface area contributed by atoms with Gasteiger partial charge in [0.25, 0.3) is 5.91 Å². The van der Waals surface area contributed by atoms with Gasteiger partial charge >= 0.3 is 0 Å². The molecule has 0 saturated carbocycles. The summed E-state index contributed by atoms with van der Waals surface area (Å²) in [7, 11) is 0. The number of hydrogen-bond donors (Lipinski definition) is 1. The number of aromatic nitrogens is 3. The second-order valence-electron chi connectivity index (χ2n) is 9.15. The van der Waals surface area contributed by atoms with Crippen molar-refractivity contribution in [3.05, 3.63) is 82.4 Å². The highest BCUT2D eigenvalue weighted by molar-refractivity contribution is 5.93. The predicted molar refractivity (Wildman–Crippen MR) is 126 cm³/mol. The molecule has 2 aliphatic heterocycles. The molecule has 2 aliphatic rings. The molecule has 0 radical (unpaired) electrons. The summed E-state index contributed by atoms with van der Waals surface area (Å²) in [4.78, 5) is 27.4. The Labute approximate surface area is 203 Å². The van der Waals surface area contributed by atoms with E-state index in [-0.39, 0.29) is 42.8 Å². The maximum absolute atomic E-state index is 13.8. The number of halogens is 1. The van der Waals surface area contributed by atoms with Crippen LogP contribution in [0.5, 0.6) is 0 Å². The van der Waals surface area contributed by atoms with Crippen molar-refractivity contribution >= 4 is 11.8 Å². The van der Waals surface area contributed by atoms with E-state index in [1.165, 1.54) is 11.6 Å². The number of carbonyl (C=O) groups is 2. The van der Waals surface area contributed by atoms with Gasteiger partial charge in [0.2, 0.25) is 5.91 Å². The van der Waals surface area contributed by atoms with Crippen LogP contribution in [0.15, 0.2) is 48.5 Å². The van der Waals surface area contributed by atoms with Gasteiger partial charge in [0.1, 0.15) is 11.9 Å². The molecule has 0 aliphatic carbocycles. The topological polar surface area (TPSA) is 89.4 Å². The molecule has 0 spiro atoms. The summed E-state index contributed by atoms with van der Waals surface area (Å²) >= 11 is 0. The van der Waals surface area contributed by atoms with Crippen molar-refractivity contribution in [1.82, 2.24) is 25.2 Å². The maximum Gasteiger partial charge on any atom is 0.276 e. The number of nitrogens with zero attached hydrogens (tertiary/aromatic N) is 4. The van der Waals surface area contributed by atoms with Gasteiger partial charge in [-0.05, 0) is 31.4 Å². The van der Waals surface area contributed by atoms with Crippen LogP contribution in [0.1, 0.15) is 51.8 Å². The van der Waals surface area contributed by atoms with Crippen LogP contribution in [0.3, 0.4) is 0 Å². The molecule has 8 nitrogen and oxygen atoms in total. The summed E-state index contributed by atoms with van der Waals surface area (Å²) < 4.78 is 21.6. The molecule has 1 aromatic heterocycles. The highest BCUT2D eigenvalue weighted by Crippen LogP contribution is 2.28. The number of hydrogen-bond acceptors (Lipinski definition) is 5. The van der Waals surface area contributed by atoms with Crippen molar-refractivity contribution < 1.29 is 18.7 Å². The lowest BCUT2D eigenvalue weighted by atomic mass is 9.95. The van der Waals surface area contributed by atoms with Gasteiger partial charge in [0.15, 0.2) is 5.69 Å². The maximum atomic E-state index is 13.8. The Morgan fingerprint density at radius 3 is 2.60 bits per heavy atom. The number of fused-ring (bicyclic) bond motifs is 1. The van der Waals surface area contributed by atoms with E-state index >= 15 is 0 Å². The van der Waals surface area contributed by atoms with Gasteiger partial charge in [-0.3, -0.25) is 9.59 Å². The number of aryl methyl sites for hydroxylation is 1. The largest absolute Gasteiger partial charge is 0.365 e. The SMILES string of the molecule is Cc1ccc([C@H]2Cn3nnc(C(=O)N4CCC(C(=O)NCc5ccccc5F)CC4)c3CO2)cc1. The Bertz CT molecular complexity index is 1220. The molecule has 0 unspecified atom stereocenters. The fourth-order valence-electron chi connectivity index (χ4n) is 4.62. The zero-order valence-electron chi connectivity index (χ0n) is 19.6. The van der Waals surface area contributed by atoms with E-state index < -0.39 is 0 Å². The summed E-state index contributed by atoms with van der Waals surface area (Å²) in [5, 5.41) is 11.2. The summed E-state index contributed by atoms with van der Waals surface area (Å²) in [6.45, 7) is 3.87. The van der Waals surface area contributed by atoms with E-state index in [4.69, 9.17) is 4.74 Å². The number of ether oxygens (including phenoxy) is 1. The third-order valence-corrected chi connectivity index (χ3v) is 6.81. The number of carbonyl (C=O) groups excluding carboxylic acids is 2. The van der Waals surface area contributed by atoms with Crippen molar-refractivity contribution in [1.29, 1.82) is 0 Å². The van der Waals surface area contributed by atoms with Crippen LogP contribution in [-0.2, 0) is 29.2 Å². The van der Waals surface area contributed by atoms with E-state index in [0.29, 0.717) is 49.4 Å². The molecule has 5 rings (SSSR count). The van der Waals surface area contributed by atoms with Gasteiger partial charge in [-0.15, -0.1) is 5.10 Å². The van der Waals surface area contributed by atoms with Crippen molar-refractivity contribution in [2.45, 2.75) is 45.6 Å². The quantitative estimate of drug-likeness (QED) is 0.610. The molecule has 1 atom stereocenters. The van der Waals surface area contributed by atoms with Crippen LogP contribution in [0, 0.1) is 18.7 Å². The number of piperidine rings is 1. The molecule has 3 aromatic rings. The van der Waals surface area contributed by atoms with Crippen LogP contribution in [0.2, 0.25) is 0 Å². The van der Waals surface area contributed by atoms with E-state index in [0.717, 1.165) is 5.56 Å². The molecule has 1 saturated heterocycles. The third-order valence-electron chi connectivity index (χ3n) is 6.81. The highest BCUT2D eigenvalue weighted by atomic mass is 19.1. The Kier molecular flexibility index (Phi) is 6.59. The van der Waals surface area contributed by atoms with Crippen molar-refractivity contribution in [3.8, 4) is 0 Å². The summed E-state index contributed by atoms with van der Waals surface area (Å²) in [6.07, 6.45) is 0.959. The molecule has 2 amide bonds. The molecular formula is C26H28FN5O3. The first kappa shape index (κ1) is 23.2. The Hall–Kier alpha value is -3.59. The molecular weight excluding hydrogens is 449 g/mol. The van der Waals surface area contributed by atoms with E-state index in [1.54, 1.807) is 27.8 Å². The van der Waals surface area contributed by atoms with Crippen molar-refractivity contribution in [3.63, 3.8) is 0 Å². The minimum Gasteiger partial charge on any atom is -0.365 e. The van der Waals surface area contributed by atoms with Crippen LogP contribution in [0.25, 0.3) is 0 Å². The standard InChI is InChI=1S/C26H28FN5O3/c1-17-6-8-18(9-7-17)23-15-32-22(16-35-23)24(29-30-32)26(34)31-12-10-19(11-13-31)25(33)28-14-20-4-2-3-5-21(20)27/h2-9,19,23H,10-16H2,1H3,(H,28,33)/t23-/m1/s1. The van der Waals surface area contributed by atoms with Gasteiger partial charge in [-0.1, -0.05) is 53.2 Å². The third kappa shape index (κ3) is 4.95. The van der Waals surface area contributed by atoms with Crippen LogP contribution >= 0.6 is 0 Å². The normalized spacial score (nSPS) is 18.2. The average molecular weight is 478 g/mol. The second kappa shape index (κ2) is 9.95. The zero-order valence-corrected chi connectivity index (χ0v) is 19.6. The second-order valence-corrected chi connectivity index (χ2v) is 9.15. The Morgan fingerprint density at radius 2 is 1.86 bits per heavy atom. The monoisotopic (exact) mass is 477 g/mol. The zero-order chi connectivity index (χ0) is 24.4. The average Bonchev–Trinajstić information content (AvgIpc) is 3.31. The van der Waals surface area contributed by atoms with E-state index in [2.05, 4.69) is 15.6 Å². The summed E-state index contributed by atoms with van der Waals surface area (Å²) in [5.74, 6) is -0.844. The molecule has 9 heteroatoms. The number of rotatable bonds is 5. The Morgan fingerprint density at radius 1 is 1.11 bits per heavy atom. The Balaban J connectivity index is 1.16. The molecule has 1 N–H and O–H groups in total. The fraction of sp³-hybridized carbons (Fsp3) is 0.385. The molecule has 3 heterocycles. The van der Waals surface area contributed by atoms with Gasteiger partial charge < -0.3 is 15.0 Å². The number of likely N-dealkylation sites (tertiary alicyclic amines) is 1. The van der Waals surface area contributed by atoms with Gasteiger partial charge in [-0.2, -0.15) is 0 Å². The first-order valence-electron chi connectivity index (χ1n) is 11.9. The summed E-state index contributed by atoms with van der Waals surface area (Å²) in [6, 6.07) is 14.6. The molecule has 2 aromatic carbocycles. The van der Waals surface area contributed by atoms with Gasteiger partial charge in [-0.25, -0.2) is 9.07 Å². The lowest BCUT2D eigenvalue weighted by molar-refractivity contribution is -0.126. The van der Waals surface area contributed by atoms with E-state index in [1.807, 2.05) is 31.2 Å². The smallest absolute Gasteiger partial charge is 0.276 e. The molecule has 35 heavy (non-hydrogen) atoms. The molecule has 0 bridgehead atoms. The van der Waals surface area contributed by atoms with E-state index in [9.17, 15) is 14.0 Å². The van der Waals surface area contributed by atoms with Gasteiger partial charge in [0.05, 0.1) is 18.8 Å². The van der Waals surface area contributed by atoms with Crippen molar-refractivity contribution in [2.75, 3.05) is 13.1 Å².